The van der Waals surface area contributed by atoms with Crippen molar-refractivity contribution in [2.45, 2.75) is 19.4 Å². The van der Waals surface area contributed by atoms with Gasteiger partial charge < -0.3 is 14.7 Å². The molecule has 0 unspecified atom stereocenters. The van der Waals surface area contributed by atoms with E-state index in [1.807, 2.05) is 13.8 Å². The number of rotatable bonds is 1. The Morgan fingerprint density at radius 2 is 2.33 bits per heavy atom. The molecule has 0 radical (unpaired) electrons. The van der Waals surface area contributed by atoms with Gasteiger partial charge in [0.2, 0.25) is 5.91 Å². The monoisotopic (exact) mass is 173 g/mol. The molecule has 0 aliphatic carbocycles. The average Bonchev–Trinajstić information content (AvgIpc) is 2.01. The van der Waals surface area contributed by atoms with Crippen LogP contribution in [0.25, 0.3) is 0 Å². The molecule has 1 aliphatic heterocycles. The Bertz CT molecular complexity index is 179. The molecule has 12 heavy (non-hydrogen) atoms. The van der Waals surface area contributed by atoms with Gasteiger partial charge in [0.1, 0.15) is 6.61 Å². The van der Waals surface area contributed by atoms with E-state index in [4.69, 9.17) is 9.84 Å². The molecule has 1 fully saturated rings. The third kappa shape index (κ3) is 2.19. The van der Waals surface area contributed by atoms with E-state index < -0.39 is 6.61 Å². The molecule has 0 spiro atoms. The first-order valence-corrected chi connectivity index (χ1v) is 4.08. The molecule has 4 heteroatoms. The molecule has 1 rings (SSSR count). The Kier molecular flexibility index (Phi) is 2.69. The fourth-order valence-corrected chi connectivity index (χ4v) is 1.33. The number of ether oxygens (including phenoxy) is 1. The van der Waals surface area contributed by atoms with Crippen molar-refractivity contribution in [1.82, 2.24) is 4.90 Å². The second-order valence-corrected chi connectivity index (χ2v) is 3.58. The molecule has 0 aromatic carbocycles. The fraction of sp³-hybridized carbons (Fsp3) is 0.875. The molecule has 0 bridgehead atoms. The summed E-state index contributed by atoms with van der Waals surface area (Å²) in [6.07, 6.45) is 0. The molecule has 0 saturated carbocycles. The smallest absolute Gasteiger partial charge is 0.248 e. The van der Waals surface area contributed by atoms with Gasteiger partial charge in [-0.15, -0.1) is 0 Å². The van der Waals surface area contributed by atoms with Gasteiger partial charge in [0, 0.05) is 13.1 Å². The molecule has 0 aromatic heterocycles. The predicted molar refractivity (Wildman–Crippen MR) is 43.7 cm³/mol. The SMILES string of the molecule is CC1(C)CN(C(=O)CO)CCO1. The first-order chi connectivity index (χ1) is 5.55. The highest BCUT2D eigenvalue weighted by Crippen LogP contribution is 2.15. The Balaban J connectivity index is 2.52. The molecule has 1 aliphatic rings. The van der Waals surface area contributed by atoms with Crippen molar-refractivity contribution in [3.05, 3.63) is 0 Å². The van der Waals surface area contributed by atoms with Gasteiger partial charge in [-0.1, -0.05) is 0 Å². The number of carbonyl (C=O) groups excluding carboxylic acids is 1. The first kappa shape index (κ1) is 9.48. The fourth-order valence-electron chi connectivity index (χ4n) is 1.33. The lowest BCUT2D eigenvalue weighted by Gasteiger charge is -2.37. The zero-order chi connectivity index (χ0) is 9.19. The highest BCUT2D eigenvalue weighted by atomic mass is 16.5. The van der Waals surface area contributed by atoms with Crippen LogP contribution in [-0.2, 0) is 9.53 Å². The number of amides is 1. The maximum atomic E-state index is 11.1. The molecular weight excluding hydrogens is 158 g/mol. The van der Waals surface area contributed by atoms with Crippen molar-refractivity contribution in [3.8, 4) is 0 Å². The number of hydrogen-bond donors (Lipinski definition) is 1. The lowest BCUT2D eigenvalue weighted by atomic mass is 10.1. The van der Waals surface area contributed by atoms with Crippen molar-refractivity contribution >= 4 is 5.91 Å². The first-order valence-electron chi connectivity index (χ1n) is 4.08. The highest BCUT2D eigenvalue weighted by molar-refractivity contribution is 5.77. The van der Waals surface area contributed by atoms with Gasteiger partial charge in [-0.05, 0) is 13.8 Å². The standard InChI is InChI=1S/C8H15NO3/c1-8(2)6-9(3-4-12-8)7(11)5-10/h10H,3-6H2,1-2H3. The number of aliphatic hydroxyl groups excluding tert-OH is 1. The molecule has 0 atom stereocenters. The normalized spacial score (nSPS) is 22.4. The summed E-state index contributed by atoms with van der Waals surface area (Å²) in [5.41, 5.74) is -0.275. The van der Waals surface area contributed by atoms with Crippen molar-refractivity contribution in [2.75, 3.05) is 26.3 Å². The van der Waals surface area contributed by atoms with Gasteiger partial charge in [-0.2, -0.15) is 0 Å². The van der Waals surface area contributed by atoms with Gasteiger partial charge in [0.05, 0.1) is 12.2 Å². The molecule has 70 valence electrons. The van der Waals surface area contributed by atoms with Gasteiger partial charge >= 0.3 is 0 Å². The summed E-state index contributed by atoms with van der Waals surface area (Å²) in [5, 5.41) is 8.63. The molecular formula is C8H15NO3. The summed E-state index contributed by atoms with van der Waals surface area (Å²) in [4.78, 5) is 12.7. The lowest BCUT2D eigenvalue weighted by molar-refractivity contribution is -0.148. The molecule has 1 saturated heterocycles. The largest absolute Gasteiger partial charge is 0.387 e. The number of hydrogen-bond acceptors (Lipinski definition) is 3. The second-order valence-electron chi connectivity index (χ2n) is 3.58. The van der Waals surface area contributed by atoms with Crippen LogP contribution in [0.1, 0.15) is 13.8 Å². The molecule has 1 heterocycles. The minimum atomic E-state index is -0.407. The van der Waals surface area contributed by atoms with E-state index in [0.717, 1.165) is 0 Å². The summed E-state index contributed by atoms with van der Waals surface area (Å²) in [6, 6.07) is 0. The van der Waals surface area contributed by atoms with E-state index in [2.05, 4.69) is 0 Å². The van der Waals surface area contributed by atoms with E-state index in [0.29, 0.717) is 19.7 Å². The topological polar surface area (TPSA) is 49.8 Å². The number of carbonyl (C=O) groups is 1. The Labute approximate surface area is 72.1 Å². The van der Waals surface area contributed by atoms with E-state index in [1.165, 1.54) is 0 Å². The van der Waals surface area contributed by atoms with Gasteiger partial charge in [0.25, 0.3) is 0 Å². The van der Waals surface area contributed by atoms with Crippen LogP contribution in [0.3, 0.4) is 0 Å². The summed E-state index contributed by atoms with van der Waals surface area (Å²) < 4.78 is 5.41. The summed E-state index contributed by atoms with van der Waals surface area (Å²) in [6.45, 7) is 5.16. The molecule has 0 aromatic rings. The van der Waals surface area contributed by atoms with Crippen LogP contribution in [0.5, 0.6) is 0 Å². The quantitative estimate of drug-likeness (QED) is 0.588. The molecule has 1 N–H and O–H groups in total. The zero-order valence-corrected chi connectivity index (χ0v) is 7.54. The minimum absolute atomic E-state index is 0.216. The third-order valence-corrected chi connectivity index (χ3v) is 1.91. The number of morpholine rings is 1. The zero-order valence-electron chi connectivity index (χ0n) is 7.54. The van der Waals surface area contributed by atoms with Gasteiger partial charge in [-0.25, -0.2) is 0 Å². The predicted octanol–water partition coefficient (Wildman–Crippen LogP) is -0.384. The second kappa shape index (κ2) is 3.41. The molecule has 4 nitrogen and oxygen atoms in total. The Hall–Kier alpha value is -0.610. The van der Waals surface area contributed by atoms with Crippen LogP contribution in [0.2, 0.25) is 0 Å². The maximum absolute atomic E-state index is 11.1. The van der Waals surface area contributed by atoms with Crippen LogP contribution < -0.4 is 0 Å². The van der Waals surface area contributed by atoms with Crippen LogP contribution in [0.15, 0.2) is 0 Å². The van der Waals surface area contributed by atoms with Crippen molar-refractivity contribution in [2.24, 2.45) is 0 Å². The number of aliphatic hydroxyl groups is 1. The summed E-state index contributed by atoms with van der Waals surface area (Å²) in [7, 11) is 0. The van der Waals surface area contributed by atoms with E-state index >= 15 is 0 Å². The highest BCUT2D eigenvalue weighted by Gasteiger charge is 2.29. The summed E-state index contributed by atoms with van der Waals surface area (Å²) >= 11 is 0. The average molecular weight is 173 g/mol. The van der Waals surface area contributed by atoms with Crippen LogP contribution in [0, 0.1) is 0 Å². The van der Waals surface area contributed by atoms with E-state index in [1.54, 1.807) is 4.90 Å². The molecule has 1 amide bonds. The minimum Gasteiger partial charge on any atom is -0.387 e. The van der Waals surface area contributed by atoms with Crippen molar-refractivity contribution in [1.29, 1.82) is 0 Å². The third-order valence-electron chi connectivity index (χ3n) is 1.91. The summed E-state index contributed by atoms with van der Waals surface area (Å²) in [5.74, 6) is -0.216. The van der Waals surface area contributed by atoms with Crippen LogP contribution >= 0.6 is 0 Å². The van der Waals surface area contributed by atoms with Crippen molar-refractivity contribution < 1.29 is 14.6 Å². The van der Waals surface area contributed by atoms with Gasteiger partial charge in [0.15, 0.2) is 0 Å². The van der Waals surface area contributed by atoms with Crippen LogP contribution in [-0.4, -0.2) is 47.8 Å². The Morgan fingerprint density at radius 3 is 2.83 bits per heavy atom. The van der Waals surface area contributed by atoms with Crippen molar-refractivity contribution in [3.63, 3.8) is 0 Å². The van der Waals surface area contributed by atoms with Crippen LogP contribution in [0.4, 0.5) is 0 Å². The lowest BCUT2D eigenvalue weighted by Crippen LogP contribution is -2.51. The Morgan fingerprint density at radius 1 is 1.67 bits per heavy atom. The van der Waals surface area contributed by atoms with E-state index in [-0.39, 0.29) is 11.5 Å². The van der Waals surface area contributed by atoms with E-state index in [9.17, 15) is 4.79 Å². The maximum Gasteiger partial charge on any atom is 0.248 e. The van der Waals surface area contributed by atoms with Gasteiger partial charge in [-0.3, -0.25) is 4.79 Å². The number of nitrogens with zero attached hydrogens (tertiary/aromatic N) is 1.